The van der Waals surface area contributed by atoms with Crippen molar-refractivity contribution in [1.82, 2.24) is 19.9 Å². The normalized spacial score (nSPS) is 11.0. The van der Waals surface area contributed by atoms with Crippen molar-refractivity contribution < 1.29 is 4.79 Å². The predicted octanol–water partition coefficient (Wildman–Crippen LogP) is 4.08. The topological polar surface area (TPSA) is 59.8 Å². The minimum Gasteiger partial charge on any atom is -0.358 e. The Balaban J connectivity index is 1.62. The van der Waals surface area contributed by atoms with Crippen LogP contribution in [0.1, 0.15) is 11.1 Å². The van der Waals surface area contributed by atoms with Crippen LogP contribution in [0.15, 0.2) is 60.9 Å². The van der Waals surface area contributed by atoms with Crippen LogP contribution in [0.25, 0.3) is 33.9 Å². The lowest BCUT2D eigenvalue weighted by molar-refractivity contribution is -0.121. The van der Waals surface area contributed by atoms with Gasteiger partial charge in [0.15, 0.2) is 5.82 Å². The zero-order chi connectivity index (χ0) is 19.7. The summed E-state index contributed by atoms with van der Waals surface area (Å²) in [7, 11) is 1.63. The summed E-state index contributed by atoms with van der Waals surface area (Å²) in [4.78, 5) is 20.8. The molecule has 0 saturated heterocycles. The van der Waals surface area contributed by atoms with Crippen LogP contribution in [0.3, 0.4) is 0 Å². The van der Waals surface area contributed by atoms with E-state index in [2.05, 4.69) is 71.6 Å². The Hall–Kier alpha value is -3.47. The van der Waals surface area contributed by atoms with Crippen molar-refractivity contribution in [2.75, 3.05) is 7.05 Å². The molecule has 0 bridgehead atoms. The SMILES string of the molecule is CNC(=O)Cn1ccc2nc(-c3ccc(-c4ccc(C)c(C)c4)cc3)nc-2c1. The van der Waals surface area contributed by atoms with Gasteiger partial charge >= 0.3 is 0 Å². The molecule has 4 rings (SSSR count). The second-order valence-electron chi connectivity index (χ2n) is 6.98. The predicted molar refractivity (Wildman–Crippen MR) is 111 cm³/mol. The second-order valence-corrected chi connectivity index (χ2v) is 6.98. The van der Waals surface area contributed by atoms with E-state index in [4.69, 9.17) is 0 Å². The number of fused-ring (bicyclic) bond motifs is 1. The van der Waals surface area contributed by atoms with Crippen LogP contribution in [-0.2, 0) is 11.3 Å². The number of aromatic nitrogens is 3. The lowest BCUT2D eigenvalue weighted by Crippen LogP contribution is -2.23. The zero-order valence-corrected chi connectivity index (χ0v) is 16.2. The first-order valence-electron chi connectivity index (χ1n) is 9.25. The minimum atomic E-state index is -0.0500. The molecule has 0 unspecified atom stereocenters. The van der Waals surface area contributed by atoms with Crippen molar-refractivity contribution in [3.8, 4) is 33.9 Å². The number of pyridine rings is 1. The molecular formula is C23H22N4O. The van der Waals surface area contributed by atoms with Gasteiger partial charge in [-0.3, -0.25) is 4.79 Å². The number of aryl methyl sites for hydroxylation is 2. The van der Waals surface area contributed by atoms with Gasteiger partial charge in [-0.05, 0) is 42.2 Å². The minimum absolute atomic E-state index is 0.0500. The molecule has 2 aliphatic heterocycles. The summed E-state index contributed by atoms with van der Waals surface area (Å²) >= 11 is 0. The van der Waals surface area contributed by atoms with Crippen LogP contribution in [-0.4, -0.2) is 27.5 Å². The smallest absolute Gasteiger partial charge is 0.239 e. The Kier molecular flexibility index (Phi) is 4.65. The quantitative estimate of drug-likeness (QED) is 0.589. The van der Waals surface area contributed by atoms with E-state index in [-0.39, 0.29) is 12.5 Å². The largest absolute Gasteiger partial charge is 0.358 e. The van der Waals surface area contributed by atoms with E-state index in [0.29, 0.717) is 5.82 Å². The molecule has 5 nitrogen and oxygen atoms in total. The van der Waals surface area contributed by atoms with Gasteiger partial charge in [-0.25, -0.2) is 9.97 Å². The van der Waals surface area contributed by atoms with Gasteiger partial charge in [0, 0.05) is 25.0 Å². The van der Waals surface area contributed by atoms with Crippen molar-refractivity contribution in [1.29, 1.82) is 0 Å². The Morgan fingerprint density at radius 1 is 0.893 bits per heavy atom. The van der Waals surface area contributed by atoms with Gasteiger partial charge < -0.3 is 9.88 Å². The lowest BCUT2D eigenvalue weighted by atomic mass is 9.99. The molecule has 140 valence electrons. The van der Waals surface area contributed by atoms with Crippen molar-refractivity contribution in [3.05, 3.63) is 72.1 Å². The van der Waals surface area contributed by atoms with Gasteiger partial charge in [0.25, 0.3) is 0 Å². The summed E-state index contributed by atoms with van der Waals surface area (Å²) in [6, 6.07) is 16.7. The first kappa shape index (κ1) is 17.9. The average Bonchev–Trinajstić information content (AvgIpc) is 3.13. The second kappa shape index (κ2) is 7.27. The molecule has 0 aliphatic carbocycles. The number of imidazole rings is 1. The molecule has 1 N–H and O–H groups in total. The Morgan fingerprint density at radius 2 is 1.57 bits per heavy atom. The molecule has 0 atom stereocenters. The Labute approximate surface area is 164 Å². The number of hydrogen-bond donors (Lipinski definition) is 1. The fourth-order valence-electron chi connectivity index (χ4n) is 3.16. The van der Waals surface area contributed by atoms with Crippen LogP contribution >= 0.6 is 0 Å². The van der Waals surface area contributed by atoms with E-state index in [0.717, 1.165) is 17.0 Å². The molecule has 0 spiro atoms. The third-order valence-electron chi connectivity index (χ3n) is 5.02. The first-order valence-corrected chi connectivity index (χ1v) is 9.25. The van der Waals surface area contributed by atoms with E-state index in [9.17, 15) is 4.79 Å². The van der Waals surface area contributed by atoms with E-state index >= 15 is 0 Å². The molecule has 2 heterocycles. The maximum Gasteiger partial charge on any atom is 0.239 e. The van der Waals surface area contributed by atoms with Gasteiger partial charge in [0.05, 0.1) is 5.69 Å². The highest BCUT2D eigenvalue weighted by Crippen LogP contribution is 2.28. The molecule has 1 amide bonds. The number of carbonyl (C=O) groups excluding carboxylic acids is 1. The van der Waals surface area contributed by atoms with Gasteiger partial charge in [0.1, 0.15) is 12.2 Å². The number of rotatable bonds is 4. The van der Waals surface area contributed by atoms with Crippen molar-refractivity contribution in [2.45, 2.75) is 20.4 Å². The summed E-state index contributed by atoms with van der Waals surface area (Å²) < 4.78 is 1.81. The van der Waals surface area contributed by atoms with Crippen molar-refractivity contribution in [2.24, 2.45) is 0 Å². The molecule has 5 heteroatoms. The summed E-state index contributed by atoms with van der Waals surface area (Å²) in [5, 5.41) is 2.62. The lowest BCUT2D eigenvalue weighted by Gasteiger charge is -2.06. The standard InChI is InChI=1S/C23H22N4O/c1-15-4-5-19(12-16(15)2)17-6-8-18(9-7-17)23-25-20-10-11-27(13-21(20)26-23)14-22(28)24-3/h4-13H,14H2,1-3H3,(H,24,28). The molecule has 0 saturated carbocycles. The van der Waals surface area contributed by atoms with E-state index in [1.807, 2.05) is 23.0 Å². The molecule has 0 radical (unpaired) electrons. The number of nitrogens with one attached hydrogen (secondary N) is 1. The van der Waals surface area contributed by atoms with Crippen LogP contribution in [0.5, 0.6) is 0 Å². The number of carbonyl (C=O) groups is 1. The van der Waals surface area contributed by atoms with Crippen LogP contribution in [0.2, 0.25) is 0 Å². The van der Waals surface area contributed by atoms with Crippen molar-refractivity contribution >= 4 is 5.91 Å². The van der Waals surface area contributed by atoms with E-state index < -0.39 is 0 Å². The molecular weight excluding hydrogens is 348 g/mol. The van der Waals surface area contributed by atoms with Crippen molar-refractivity contribution in [3.63, 3.8) is 0 Å². The first-order chi connectivity index (χ1) is 13.5. The van der Waals surface area contributed by atoms with Crippen LogP contribution < -0.4 is 5.32 Å². The highest BCUT2D eigenvalue weighted by Gasteiger charge is 2.13. The Morgan fingerprint density at radius 3 is 2.29 bits per heavy atom. The molecule has 0 aromatic heterocycles. The highest BCUT2D eigenvalue weighted by atomic mass is 16.1. The molecule has 2 aromatic carbocycles. The number of hydrogen-bond acceptors (Lipinski definition) is 3. The molecule has 0 fully saturated rings. The maximum atomic E-state index is 11.6. The highest BCUT2D eigenvalue weighted by molar-refractivity contribution is 5.75. The number of amides is 1. The summed E-state index contributed by atoms with van der Waals surface area (Å²) in [6.07, 6.45) is 3.70. The average molecular weight is 370 g/mol. The zero-order valence-electron chi connectivity index (χ0n) is 16.2. The molecule has 2 aliphatic rings. The number of benzene rings is 2. The third-order valence-corrected chi connectivity index (χ3v) is 5.02. The van der Waals surface area contributed by atoms with Crippen LogP contribution in [0.4, 0.5) is 0 Å². The van der Waals surface area contributed by atoms with Crippen LogP contribution in [0, 0.1) is 13.8 Å². The monoisotopic (exact) mass is 370 g/mol. The fraction of sp³-hybridized carbons (Fsp3) is 0.174. The van der Waals surface area contributed by atoms with E-state index in [1.54, 1.807) is 7.05 Å². The van der Waals surface area contributed by atoms with E-state index in [1.165, 1.54) is 22.3 Å². The summed E-state index contributed by atoms with van der Waals surface area (Å²) in [5.74, 6) is 0.644. The summed E-state index contributed by atoms with van der Waals surface area (Å²) in [5.41, 5.74) is 7.54. The number of likely N-dealkylation sites (N-methyl/N-ethyl adjacent to an activating group) is 1. The third kappa shape index (κ3) is 3.51. The van der Waals surface area contributed by atoms with Gasteiger partial charge in [-0.1, -0.05) is 42.5 Å². The van der Waals surface area contributed by atoms with Gasteiger partial charge in [-0.15, -0.1) is 0 Å². The van der Waals surface area contributed by atoms with Gasteiger partial charge in [-0.2, -0.15) is 0 Å². The fourth-order valence-corrected chi connectivity index (χ4v) is 3.16. The summed E-state index contributed by atoms with van der Waals surface area (Å²) in [6.45, 7) is 4.52. The molecule has 2 aromatic rings. The Bertz CT molecular complexity index is 1110. The maximum absolute atomic E-state index is 11.6. The molecule has 28 heavy (non-hydrogen) atoms. The number of nitrogens with zero attached hydrogens (tertiary/aromatic N) is 3. The van der Waals surface area contributed by atoms with Gasteiger partial charge in [0.2, 0.25) is 5.91 Å².